The van der Waals surface area contributed by atoms with E-state index in [2.05, 4.69) is 91.9 Å². The van der Waals surface area contributed by atoms with Crippen LogP contribution in [0.4, 0.5) is 0 Å². The summed E-state index contributed by atoms with van der Waals surface area (Å²) >= 11 is 0. The van der Waals surface area contributed by atoms with Gasteiger partial charge in [-0.1, -0.05) is 91.0 Å². The minimum absolute atomic E-state index is 0.0792. The van der Waals surface area contributed by atoms with Crippen molar-refractivity contribution in [1.82, 2.24) is 0 Å². The van der Waals surface area contributed by atoms with Gasteiger partial charge in [0.25, 0.3) is 9.04 Å². The van der Waals surface area contributed by atoms with Gasteiger partial charge in [-0.3, -0.25) is 0 Å². The highest BCUT2D eigenvalue weighted by Gasteiger charge is 2.22. The summed E-state index contributed by atoms with van der Waals surface area (Å²) in [4.78, 5) is 0. The Bertz CT molecular complexity index is 643. The van der Waals surface area contributed by atoms with Gasteiger partial charge in [0.05, 0.1) is 6.10 Å². The molecule has 3 aromatic carbocycles. The van der Waals surface area contributed by atoms with Gasteiger partial charge in [0.15, 0.2) is 0 Å². The van der Waals surface area contributed by atoms with Gasteiger partial charge in [-0.15, -0.1) is 0 Å². The smallest absolute Gasteiger partial charge is 0.283 e. The minimum atomic E-state index is -1.25. The highest BCUT2D eigenvalue weighted by atomic mass is 28.3. The summed E-state index contributed by atoms with van der Waals surface area (Å²) < 4.78 is 6.51. The van der Waals surface area contributed by atoms with Gasteiger partial charge in [-0.05, 0) is 22.9 Å². The Morgan fingerprint density at radius 3 is 1.50 bits per heavy atom. The first-order valence-electron chi connectivity index (χ1n) is 7.54. The van der Waals surface area contributed by atoms with Crippen LogP contribution >= 0.6 is 0 Å². The lowest BCUT2D eigenvalue weighted by Gasteiger charge is -2.21. The van der Waals surface area contributed by atoms with Gasteiger partial charge in [-0.2, -0.15) is 0 Å². The van der Waals surface area contributed by atoms with E-state index in [-0.39, 0.29) is 6.10 Å². The Labute approximate surface area is 133 Å². The van der Waals surface area contributed by atoms with Crippen LogP contribution < -0.4 is 10.4 Å². The molecule has 0 unspecified atom stereocenters. The van der Waals surface area contributed by atoms with E-state index in [1.54, 1.807) is 0 Å². The first-order valence-corrected chi connectivity index (χ1v) is 8.95. The fourth-order valence-electron chi connectivity index (χ4n) is 2.45. The summed E-state index contributed by atoms with van der Waals surface area (Å²) in [5.74, 6) is 0. The first-order chi connectivity index (χ1) is 10.8. The average Bonchev–Trinajstić information content (AvgIpc) is 2.62. The number of rotatable bonds is 5. The molecule has 0 saturated carbocycles. The molecule has 0 aromatic heterocycles. The molecule has 0 aliphatic rings. The maximum Gasteiger partial charge on any atom is 0.283 e. The summed E-state index contributed by atoms with van der Waals surface area (Å²) in [6.45, 7) is 2.13. The molecule has 0 fully saturated rings. The van der Waals surface area contributed by atoms with Gasteiger partial charge >= 0.3 is 0 Å². The van der Waals surface area contributed by atoms with E-state index in [9.17, 15) is 0 Å². The Kier molecular flexibility index (Phi) is 4.84. The molecule has 0 heterocycles. The molecule has 0 aliphatic heterocycles. The largest absolute Gasteiger partial charge is 0.400 e. The highest BCUT2D eigenvalue weighted by molar-refractivity contribution is 6.80. The van der Waals surface area contributed by atoms with Crippen LogP contribution in [-0.2, 0) is 4.43 Å². The van der Waals surface area contributed by atoms with Crippen LogP contribution in [-0.4, -0.2) is 9.04 Å². The van der Waals surface area contributed by atoms with E-state index in [0.29, 0.717) is 0 Å². The van der Waals surface area contributed by atoms with Crippen LogP contribution in [0.15, 0.2) is 91.0 Å². The predicted octanol–water partition coefficient (Wildman–Crippen LogP) is 3.57. The van der Waals surface area contributed by atoms with E-state index in [1.807, 2.05) is 6.07 Å². The minimum Gasteiger partial charge on any atom is -0.400 e. The summed E-state index contributed by atoms with van der Waals surface area (Å²) in [6, 6.07) is 31.5. The molecule has 109 valence electrons. The lowest BCUT2D eigenvalue weighted by atomic mass is 10.1. The van der Waals surface area contributed by atoms with E-state index in [4.69, 9.17) is 4.43 Å². The van der Waals surface area contributed by atoms with E-state index in [1.165, 1.54) is 15.9 Å². The molecule has 1 atom stereocenters. The molecular weight excluding hydrogens is 284 g/mol. The molecule has 0 spiro atoms. The summed E-state index contributed by atoms with van der Waals surface area (Å²) in [6.07, 6.45) is 0.0792. The van der Waals surface area contributed by atoms with Crippen molar-refractivity contribution >= 4 is 19.4 Å². The molecule has 0 N–H and O–H groups in total. The van der Waals surface area contributed by atoms with Crippen LogP contribution in [0.25, 0.3) is 0 Å². The Balaban J connectivity index is 1.90. The van der Waals surface area contributed by atoms with E-state index in [0.717, 1.165) is 0 Å². The summed E-state index contributed by atoms with van der Waals surface area (Å²) in [5.41, 5.74) is 1.22. The lowest BCUT2D eigenvalue weighted by Crippen LogP contribution is -2.45. The lowest BCUT2D eigenvalue weighted by molar-refractivity contribution is 0.237. The van der Waals surface area contributed by atoms with E-state index >= 15 is 0 Å². The third-order valence-corrected chi connectivity index (χ3v) is 5.94. The van der Waals surface area contributed by atoms with Crippen molar-refractivity contribution in [3.05, 3.63) is 96.6 Å². The third-order valence-electron chi connectivity index (χ3n) is 3.64. The zero-order valence-electron chi connectivity index (χ0n) is 12.6. The van der Waals surface area contributed by atoms with Crippen molar-refractivity contribution in [2.24, 2.45) is 0 Å². The summed E-state index contributed by atoms with van der Waals surface area (Å²) in [5, 5.41) is 2.56. The molecule has 0 bridgehead atoms. The monoisotopic (exact) mass is 303 g/mol. The van der Waals surface area contributed by atoms with Crippen LogP contribution in [0.1, 0.15) is 18.6 Å². The van der Waals surface area contributed by atoms with E-state index < -0.39 is 9.04 Å². The molecular formula is C20H19OSi. The van der Waals surface area contributed by atoms with Crippen molar-refractivity contribution in [3.63, 3.8) is 0 Å². The fourth-order valence-corrected chi connectivity index (χ4v) is 4.54. The van der Waals surface area contributed by atoms with Gasteiger partial charge < -0.3 is 4.43 Å². The van der Waals surface area contributed by atoms with Crippen molar-refractivity contribution in [1.29, 1.82) is 0 Å². The fraction of sp³-hybridized carbons (Fsp3) is 0.100. The molecule has 2 heteroatoms. The molecule has 1 nitrogen and oxygen atoms in total. The quantitative estimate of drug-likeness (QED) is 0.655. The average molecular weight is 303 g/mol. The summed E-state index contributed by atoms with van der Waals surface area (Å²) in [7, 11) is -1.25. The SMILES string of the molecule is C[C@H](O[Si](c1ccccc1)c1ccccc1)c1ccccc1. The standard InChI is InChI=1S/C20H19OSi/c1-17(18-11-5-2-6-12-18)21-22(19-13-7-3-8-14-19)20-15-9-4-10-16-20/h2-17H,1H3/t17-/m0/s1. The normalized spacial score (nSPS) is 12.3. The van der Waals surface area contributed by atoms with Crippen molar-refractivity contribution in [2.75, 3.05) is 0 Å². The molecule has 0 saturated heterocycles. The second kappa shape index (κ2) is 7.21. The molecule has 22 heavy (non-hydrogen) atoms. The molecule has 0 aliphatic carbocycles. The van der Waals surface area contributed by atoms with Crippen LogP contribution in [0.5, 0.6) is 0 Å². The zero-order valence-corrected chi connectivity index (χ0v) is 13.6. The Hall–Kier alpha value is -2.16. The van der Waals surface area contributed by atoms with Crippen LogP contribution in [0.2, 0.25) is 0 Å². The Morgan fingerprint density at radius 2 is 1.05 bits per heavy atom. The van der Waals surface area contributed by atoms with Gasteiger partial charge in [0, 0.05) is 0 Å². The number of hydrogen-bond donors (Lipinski definition) is 0. The molecule has 3 rings (SSSR count). The second-order valence-electron chi connectivity index (χ2n) is 5.23. The van der Waals surface area contributed by atoms with Crippen LogP contribution in [0.3, 0.4) is 0 Å². The topological polar surface area (TPSA) is 9.23 Å². The Morgan fingerprint density at radius 1 is 0.636 bits per heavy atom. The third kappa shape index (κ3) is 3.53. The second-order valence-corrected chi connectivity index (χ2v) is 7.28. The van der Waals surface area contributed by atoms with Crippen LogP contribution in [0, 0.1) is 0 Å². The highest BCUT2D eigenvalue weighted by Crippen LogP contribution is 2.17. The van der Waals surface area contributed by atoms with Gasteiger partial charge in [-0.25, -0.2) is 0 Å². The van der Waals surface area contributed by atoms with Crippen molar-refractivity contribution in [3.8, 4) is 0 Å². The molecule has 1 radical (unpaired) electrons. The first kappa shape index (κ1) is 14.8. The zero-order chi connectivity index (χ0) is 15.2. The number of hydrogen-bond acceptors (Lipinski definition) is 1. The van der Waals surface area contributed by atoms with Crippen molar-refractivity contribution in [2.45, 2.75) is 13.0 Å². The maximum atomic E-state index is 6.51. The molecule has 0 amide bonds. The van der Waals surface area contributed by atoms with Crippen molar-refractivity contribution < 1.29 is 4.43 Å². The predicted molar refractivity (Wildman–Crippen MR) is 93.8 cm³/mol. The number of benzene rings is 3. The maximum absolute atomic E-state index is 6.51. The van der Waals surface area contributed by atoms with Gasteiger partial charge in [0.1, 0.15) is 0 Å². The molecule has 3 aromatic rings. The van der Waals surface area contributed by atoms with Gasteiger partial charge in [0.2, 0.25) is 0 Å².